The number of rotatable bonds is 6. The minimum atomic E-state index is -0.302. The van der Waals surface area contributed by atoms with Crippen molar-refractivity contribution in [2.75, 3.05) is 13.7 Å². The first-order valence-corrected chi connectivity index (χ1v) is 6.33. The van der Waals surface area contributed by atoms with Gasteiger partial charge in [0.2, 0.25) is 0 Å². The Morgan fingerprint density at radius 3 is 2.69 bits per heavy atom. The van der Waals surface area contributed by atoms with E-state index in [1.54, 1.807) is 7.11 Å². The van der Waals surface area contributed by atoms with Crippen molar-refractivity contribution in [1.82, 2.24) is 0 Å². The molecule has 1 aromatic carbocycles. The van der Waals surface area contributed by atoms with E-state index in [0.29, 0.717) is 18.9 Å². The highest BCUT2D eigenvalue weighted by Gasteiger charge is 2.12. The van der Waals surface area contributed by atoms with E-state index in [1.807, 2.05) is 24.3 Å². The first-order chi connectivity index (χ1) is 7.63. The molecule has 0 aliphatic carbocycles. The third-order valence-corrected chi connectivity index (χ3v) is 3.31. The zero-order valence-corrected chi connectivity index (χ0v) is 11.4. The maximum absolute atomic E-state index is 9.95. The van der Waals surface area contributed by atoms with Crippen LogP contribution in [-0.4, -0.2) is 24.9 Å². The molecule has 1 N–H and O–H groups in total. The van der Waals surface area contributed by atoms with Crippen LogP contribution in [0.25, 0.3) is 0 Å². The fourth-order valence-corrected chi connectivity index (χ4v) is 2.26. The molecule has 0 spiro atoms. The first-order valence-electron chi connectivity index (χ1n) is 5.54. The summed E-state index contributed by atoms with van der Waals surface area (Å²) < 4.78 is 6.12. The van der Waals surface area contributed by atoms with Crippen molar-refractivity contribution in [3.05, 3.63) is 34.3 Å². The van der Waals surface area contributed by atoms with E-state index in [4.69, 9.17) is 4.74 Å². The van der Waals surface area contributed by atoms with Crippen LogP contribution in [-0.2, 0) is 11.2 Å². The Hall–Kier alpha value is -0.380. The summed E-state index contributed by atoms with van der Waals surface area (Å²) in [5.41, 5.74) is 1.15. The van der Waals surface area contributed by atoms with Crippen molar-refractivity contribution in [3.63, 3.8) is 0 Å². The molecular weight excluding hydrogens is 268 g/mol. The summed E-state index contributed by atoms with van der Waals surface area (Å²) in [7, 11) is 1.69. The van der Waals surface area contributed by atoms with Gasteiger partial charge in [-0.25, -0.2) is 0 Å². The molecule has 0 aliphatic rings. The molecule has 0 aromatic heterocycles. The molecule has 90 valence electrons. The SMILES string of the molecule is COCC(C)CC(O)Cc1ccccc1Br. The lowest BCUT2D eigenvalue weighted by Gasteiger charge is -2.16. The smallest absolute Gasteiger partial charge is 0.0584 e. The second-order valence-corrected chi connectivity index (χ2v) is 5.10. The van der Waals surface area contributed by atoms with E-state index >= 15 is 0 Å². The monoisotopic (exact) mass is 286 g/mol. The number of aliphatic hydroxyl groups is 1. The van der Waals surface area contributed by atoms with Gasteiger partial charge in [-0.2, -0.15) is 0 Å². The van der Waals surface area contributed by atoms with Gasteiger partial charge in [-0.1, -0.05) is 41.1 Å². The van der Waals surface area contributed by atoms with Gasteiger partial charge < -0.3 is 9.84 Å². The Labute approximate surface area is 106 Å². The second-order valence-electron chi connectivity index (χ2n) is 4.25. The average molecular weight is 287 g/mol. The van der Waals surface area contributed by atoms with Gasteiger partial charge >= 0.3 is 0 Å². The topological polar surface area (TPSA) is 29.5 Å². The number of hydrogen-bond donors (Lipinski definition) is 1. The van der Waals surface area contributed by atoms with Crippen molar-refractivity contribution < 1.29 is 9.84 Å². The van der Waals surface area contributed by atoms with Gasteiger partial charge in [-0.3, -0.25) is 0 Å². The van der Waals surface area contributed by atoms with Crippen LogP contribution in [0.15, 0.2) is 28.7 Å². The minimum absolute atomic E-state index is 0.302. The molecule has 0 aliphatic heterocycles. The molecule has 0 radical (unpaired) electrons. The second kappa shape index (κ2) is 7.05. The Morgan fingerprint density at radius 1 is 1.38 bits per heavy atom. The molecule has 2 atom stereocenters. The average Bonchev–Trinajstić information content (AvgIpc) is 2.21. The number of ether oxygens (including phenoxy) is 1. The Bertz CT molecular complexity index is 315. The van der Waals surface area contributed by atoms with Crippen molar-refractivity contribution in [1.29, 1.82) is 0 Å². The summed E-state index contributed by atoms with van der Waals surface area (Å²) in [6.45, 7) is 2.79. The quantitative estimate of drug-likeness (QED) is 0.871. The van der Waals surface area contributed by atoms with Gasteiger partial charge in [0, 0.05) is 18.2 Å². The Morgan fingerprint density at radius 2 is 2.06 bits per heavy atom. The van der Waals surface area contributed by atoms with E-state index in [2.05, 4.69) is 22.9 Å². The van der Waals surface area contributed by atoms with E-state index in [-0.39, 0.29) is 6.10 Å². The highest BCUT2D eigenvalue weighted by atomic mass is 79.9. The van der Waals surface area contributed by atoms with E-state index in [9.17, 15) is 5.11 Å². The van der Waals surface area contributed by atoms with Crippen LogP contribution in [0.1, 0.15) is 18.9 Å². The maximum atomic E-state index is 9.95. The lowest BCUT2D eigenvalue weighted by molar-refractivity contribution is 0.101. The molecular formula is C13H19BrO2. The first kappa shape index (κ1) is 13.7. The molecule has 0 heterocycles. The molecule has 0 saturated carbocycles. The molecule has 0 bridgehead atoms. The van der Waals surface area contributed by atoms with Crippen molar-refractivity contribution in [3.8, 4) is 0 Å². The normalized spacial score (nSPS) is 14.8. The van der Waals surface area contributed by atoms with Gasteiger partial charge in [-0.05, 0) is 30.4 Å². The summed E-state index contributed by atoms with van der Waals surface area (Å²) >= 11 is 3.49. The number of hydrogen-bond acceptors (Lipinski definition) is 2. The van der Waals surface area contributed by atoms with Crippen LogP contribution < -0.4 is 0 Å². The predicted octanol–water partition coefficient (Wildman–Crippen LogP) is 3.03. The van der Waals surface area contributed by atoms with Crippen LogP contribution >= 0.6 is 15.9 Å². The van der Waals surface area contributed by atoms with Crippen LogP contribution in [0.4, 0.5) is 0 Å². The lowest BCUT2D eigenvalue weighted by Crippen LogP contribution is -2.17. The largest absolute Gasteiger partial charge is 0.393 e. The van der Waals surface area contributed by atoms with E-state index in [1.165, 1.54) is 0 Å². The van der Waals surface area contributed by atoms with Gasteiger partial charge in [0.05, 0.1) is 6.10 Å². The fourth-order valence-electron chi connectivity index (χ4n) is 1.82. The highest BCUT2D eigenvalue weighted by Crippen LogP contribution is 2.19. The molecule has 16 heavy (non-hydrogen) atoms. The maximum Gasteiger partial charge on any atom is 0.0584 e. The number of benzene rings is 1. The number of methoxy groups -OCH3 is 1. The zero-order chi connectivity index (χ0) is 12.0. The minimum Gasteiger partial charge on any atom is -0.393 e. The Balaban J connectivity index is 2.45. The summed E-state index contributed by atoms with van der Waals surface area (Å²) in [6.07, 6.45) is 1.16. The summed E-state index contributed by atoms with van der Waals surface area (Å²) in [6, 6.07) is 8.01. The molecule has 1 aromatic rings. The highest BCUT2D eigenvalue weighted by molar-refractivity contribution is 9.10. The number of halogens is 1. The Kier molecular flexibility index (Phi) is 6.03. The third-order valence-electron chi connectivity index (χ3n) is 2.54. The van der Waals surface area contributed by atoms with Crippen molar-refractivity contribution in [2.45, 2.75) is 25.9 Å². The van der Waals surface area contributed by atoms with Gasteiger partial charge in [-0.15, -0.1) is 0 Å². The predicted molar refractivity (Wildman–Crippen MR) is 69.5 cm³/mol. The molecule has 0 saturated heterocycles. The van der Waals surface area contributed by atoms with Crippen LogP contribution in [0.5, 0.6) is 0 Å². The van der Waals surface area contributed by atoms with Crippen molar-refractivity contribution in [2.24, 2.45) is 5.92 Å². The summed E-state index contributed by atoms with van der Waals surface area (Å²) in [5, 5.41) is 9.95. The van der Waals surface area contributed by atoms with E-state index < -0.39 is 0 Å². The molecule has 3 heteroatoms. The van der Waals surface area contributed by atoms with Gasteiger partial charge in [0.1, 0.15) is 0 Å². The standard InChI is InChI=1S/C13H19BrO2/c1-10(9-16-2)7-12(15)8-11-5-3-4-6-13(11)14/h3-6,10,12,15H,7-9H2,1-2H3. The summed E-state index contributed by atoms with van der Waals surface area (Å²) in [5.74, 6) is 0.391. The molecule has 2 nitrogen and oxygen atoms in total. The van der Waals surface area contributed by atoms with Crippen molar-refractivity contribution >= 4 is 15.9 Å². The van der Waals surface area contributed by atoms with E-state index in [0.717, 1.165) is 16.5 Å². The van der Waals surface area contributed by atoms with Gasteiger partial charge in [0.25, 0.3) is 0 Å². The molecule has 0 fully saturated rings. The fraction of sp³-hybridized carbons (Fsp3) is 0.538. The molecule has 2 unspecified atom stereocenters. The lowest BCUT2D eigenvalue weighted by atomic mass is 9.99. The zero-order valence-electron chi connectivity index (χ0n) is 9.82. The van der Waals surface area contributed by atoms with Crippen LogP contribution in [0, 0.1) is 5.92 Å². The summed E-state index contributed by atoms with van der Waals surface area (Å²) in [4.78, 5) is 0. The number of aliphatic hydroxyl groups excluding tert-OH is 1. The van der Waals surface area contributed by atoms with Crippen LogP contribution in [0.2, 0.25) is 0 Å². The molecule has 1 rings (SSSR count). The molecule has 0 amide bonds. The third kappa shape index (κ3) is 4.64. The van der Waals surface area contributed by atoms with Gasteiger partial charge in [0.15, 0.2) is 0 Å². The van der Waals surface area contributed by atoms with Crippen LogP contribution in [0.3, 0.4) is 0 Å².